The molecule has 0 bridgehead atoms. The van der Waals surface area contributed by atoms with Crippen molar-refractivity contribution in [3.8, 4) is 0 Å². The van der Waals surface area contributed by atoms with Gasteiger partial charge in [-0.15, -0.1) is 0 Å². The van der Waals surface area contributed by atoms with Crippen LogP contribution >= 0.6 is 15.9 Å². The molecule has 0 radical (unpaired) electrons. The fraction of sp³-hybridized carbons (Fsp3) is 0.250. The molecule has 0 aliphatic heterocycles. The summed E-state index contributed by atoms with van der Waals surface area (Å²) in [5.74, 6) is 0.0793. The van der Waals surface area contributed by atoms with Crippen LogP contribution in [0.4, 0.5) is 0 Å². The van der Waals surface area contributed by atoms with E-state index in [0.717, 1.165) is 5.69 Å². The third kappa shape index (κ3) is 1.87. The lowest BCUT2D eigenvalue weighted by atomic mass is 10.1. The second kappa shape index (κ2) is 3.62. The van der Waals surface area contributed by atoms with Gasteiger partial charge < -0.3 is 0 Å². The van der Waals surface area contributed by atoms with Gasteiger partial charge in [0.1, 0.15) is 0 Å². The van der Waals surface area contributed by atoms with E-state index in [1.807, 2.05) is 6.92 Å². The maximum atomic E-state index is 11.1. The molecular weight excluding hydrogens is 206 g/mol. The molecule has 0 aliphatic rings. The highest BCUT2D eigenvalue weighted by molar-refractivity contribution is 9.09. The predicted molar refractivity (Wildman–Crippen MR) is 47.1 cm³/mol. The van der Waals surface area contributed by atoms with Crippen LogP contribution in [0.2, 0.25) is 0 Å². The van der Waals surface area contributed by atoms with Gasteiger partial charge in [-0.05, 0) is 19.1 Å². The zero-order chi connectivity index (χ0) is 8.27. The summed E-state index contributed by atoms with van der Waals surface area (Å²) >= 11 is 3.11. The molecule has 0 aromatic carbocycles. The Morgan fingerprint density at radius 2 is 2.45 bits per heavy atom. The van der Waals surface area contributed by atoms with Crippen molar-refractivity contribution in [2.45, 2.75) is 6.92 Å². The number of aryl methyl sites for hydroxylation is 1. The molecule has 0 unspecified atom stereocenters. The van der Waals surface area contributed by atoms with Crippen LogP contribution in [0.5, 0.6) is 0 Å². The summed E-state index contributed by atoms with van der Waals surface area (Å²) in [6.45, 7) is 1.83. The monoisotopic (exact) mass is 213 g/mol. The highest BCUT2D eigenvalue weighted by Crippen LogP contribution is 2.05. The SMILES string of the molecule is Cc1ncccc1C(=O)CBr. The number of carbonyl (C=O) groups is 1. The van der Waals surface area contributed by atoms with Crippen LogP contribution in [-0.2, 0) is 0 Å². The Balaban J connectivity index is 3.03. The number of hydrogen-bond donors (Lipinski definition) is 0. The van der Waals surface area contributed by atoms with Crippen molar-refractivity contribution < 1.29 is 4.79 Å². The first-order chi connectivity index (χ1) is 5.25. The molecule has 0 amide bonds. The van der Waals surface area contributed by atoms with Gasteiger partial charge in [0, 0.05) is 17.5 Å². The van der Waals surface area contributed by atoms with Gasteiger partial charge in [-0.25, -0.2) is 0 Å². The average molecular weight is 214 g/mol. The Labute approximate surface area is 73.8 Å². The number of carbonyl (C=O) groups excluding carboxylic acids is 1. The summed E-state index contributed by atoms with van der Waals surface area (Å²) in [6.07, 6.45) is 1.68. The standard InChI is InChI=1S/C8H8BrNO/c1-6-7(8(11)5-9)3-2-4-10-6/h2-4H,5H2,1H3. The van der Waals surface area contributed by atoms with E-state index < -0.39 is 0 Å². The largest absolute Gasteiger partial charge is 0.293 e. The van der Waals surface area contributed by atoms with E-state index in [1.165, 1.54) is 0 Å². The minimum Gasteiger partial charge on any atom is -0.293 e. The van der Waals surface area contributed by atoms with Gasteiger partial charge in [0.25, 0.3) is 0 Å². The summed E-state index contributed by atoms with van der Waals surface area (Å²) in [5, 5.41) is 0.361. The van der Waals surface area contributed by atoms with Crippen molar-refractivity contribution in [2.24, 2.45) is 0 Å². The van der Waals surface area contributed by atoms with Gasteiger partial charge in [0.2, 0.25) is 0 Å². The Kier molecular flexibility index (Phi) is 2.76. The first kappa shape index (κ1) is 8.40. The van der Waals surface area contributed by atoms with Gasteiger partial charge in [-0.2, -0.15) is 0 Å². The smallest absolute Gasteiger partial charge is 0.175 e. The second-order valence-corrected chi connectivity index (χ2v) is 2.75. The molecule has 58 valence electrons. The molecule has 0 saturated carbocycles. The maximum absolute atomic E-state index is 11.1. The number of nitrogens with zero attached hydrogens (tertiary/aromatic N) is 1. The fourth-order valence-electron chi connectivity index (χ4n) is 0.851. The average Bonchev–Trinajstić information content (AvgIpc) is 2.04. The molecule has 2 nitrogen and oxygen atoms in total. The highest BCUT2D eigenvalue weighted by Gasteiger charge is 2.05. The second-order valence-electron chi connectivity index (χ2n) is 2.19. The summed E-state index contributed by atoms with van der Waals surface area (Å²) in [4.78, 5) is 15.2. The Morgan fingerprint density at radius 3 is 3.00 bits per heavy atom. The van der Waals surface area contributed by atoms with Crippen LogP contribution in [0.1, 0.15) is 16.1 Å². The van der Waals surface area contributed by atoms with Crippen molar-refractivity contribution in [1.29, 1.82) is 0 Å². The first-order valence-electron chi connectivity index (χ1n) is 3.26. The number of ketones is 1. The van der Waals surface area contributed by atoms with Gasteiger partial charge in [0.05, 0.1) is 5.33 Å². The van der Waals surface area contributed by atoms with Crippen LogP contribution in [0.3, 0.4) is 0 Å². The number of aromatic nitrogens is 1. The number of hydrogen-bond acceptors (Lipinski definition) is 2. The van der Waals surface area contributed by atoms with Crippen LogP contribution in [-0.4, -0.2) is 16.1 Å². The summed E-state index contributed by atoms with van der Waals surface area (Å²) in [6, 6.07) is 3.55. The molecule has 1 rings (SSSR count). The normalized spacial score (nSPS) is 9.64. The minimum atomic E-state index is 0.0793. The van der Waals surface area contributed by atoms with Gasteiger partial charge in [-0.1, -0.05) is 15.9 Å². The molecule has 0 atom stereocenters. The molecule has 1 heterocycles. The van der Waals surface area contributed by atoms with Crippen molar-refractivity contribution in [1.82, 2.24) is 4.98 Å². The summed E-state index contributed by atoms with van der Waals surface area (Å²) in [5.41, 5.74) is 1.49. The van der Waals surface area contributed by atoms with Crippen molar-refractivity contribution in [3.05, 3.63) is 29.6 Å². The topological polar surface area (TPSA) is 30.0 Å². The lowest BCUT2D eigenvalue weighted by molar-refractivity contribution is 0.102. The van der Waals surface area contributed by atoms with E-state index in [2.05, 4.69) is 20.9 Å². The van der Waals surface area contributed by atoms with E-state index in [-0.39, 0.29) is 5.78 Å². The van der Waals surface area contributed by atoms with E-state index >= 15 is 0 Å². The molecule has 0 saturated heterocycles. The zero-order valence-corrected chi connectivity index (χ0v) is 7.76. The molecule has 1 aromatic heterocycles. The lowest BCUT2D eigenvalue weighted by Crippen LogP contribution is -2.03. The summed E-state index contributed by atoms with van der Waals surface area (Å²) < 4.78 is 0. The number of alkyl halides is 1. The third-order valence-electron chi connectivity index (χ3n) is 1.43. The molecular formula is C8H8BrNO. The summed E-state index contributed by atoms with van der Waals surface area (Å²) in [7, 11) is 0. The first-order valence-corrected chi connectivity index (χ1v) is 4.38. The van der Waals surface area contributed by atoms with Crippen molar-refractivity contribution in [3.63, 3.8) is 0 Å². The highest BCUT2D eigenvalue weighted by atomic mass is 79.9. The fourth-order valence-corrected chi connectivity index (χ4v) is 1.15. The number of pyridine rings is 1. The van der Waals surface area contributed by atoms with Crippen LogP contribution < -0.4 is 0 Å². The van der Waals surface area contributed by atoms with E-state index in [9.17, 15) is 4.79 Å². The minimum absolute atomic E-state index is 0.0793. The molecule has 0 aliphatic carbocycles. The maximum Gasteiger partial charge on any atom is 0.175 e. The van der Waals surface area contributed by atoms with Gasteiger partial charge >= 0.3 is 0 Å². The van der Waals surface area contributed by atoms with E-state index in [0.29, 0.717) is 10.9 Å². The van der Waals surface area contributed by atoms with Crippen LogP contribution in [0, 0.1) is 6.92 Å². The molecule has 0 fully saturated rings. The molecule has 3 heteroatoms. The number of halogens is 1. The number of rotatable bonds is 2. The quantitative estimate of drug-likeness (QED) is 0.556. The molecule has 1 aromatic rings. The Hall–Kier alpha value is -0.700. The van der Waals surface area contributed by atoms with Crippen molar-refractivity contribution >= 4 is 21.7 Å². The molecule has 0 spiro atoms. The third-order valence-corrected chi connectivity index (χ3v) is 1.94. The van der Waals surface area contributed by atoms with Crippen LogP contribution in [0.15, 0.2) is 18.3 Å². The Morgan fingerprint density at radius 1 is 1.73 bits per heavy atom. The zero-order valence-electron chi connectivity index (χ0n) is 6.17. The van der Waals surface area contributed by atoms with E-state index in [4.69, 9.17) is 0 Å². The predicted octanol–water partition coefficient (Wildman–Crippen LogP) is 1.97. The van der Waals surface area contributed by atoms with Gasteiger partial charge in [-0.3, -0.25) is 9.78 Å². The lowest BCUT2D eigenvalue weighted by Gasteiger charge is -1.98. The van der Waals surface area contributed by atoms with E-state index in [1.54, 1.807) is 18.3 Å². The molecule has 11 heavy (non-hydrogen) atoms. The molecule has 0 N–H and O–H groups in total. The number of Topliss-reactive ketones (excluding diaryl/α,β-unsaturated/α-hetero) is 1. The van der Waals surface area contributed by atoms with Crippen molar-refractivity contribution in [2.75, 3.05) is 5.33 Å². The van der Waals surface area contributed by atoms with Gasteiger partial charge in [0.15, 0.2) is 5.78 Å². The Bertz CT molecular complexity index is 273. The van der Waals surface area contributed by atoms with Crippen LogP contribution in [0.25, 0.3) is 0 Å².